The number of halogens is 5. The summed E-state index contributed by atoms with van der Waals surface area (Å²) in [5.74, 6) is 0.323. The highest BCUT2D eigenvalue weighted by molar-refractivity contribution is 14.1. The molecule has 3 aromatic carbocycles. The molecule has 1 N–H and O–H groups in total. The average molecular weight is 589 g/mol. The number of hydrogen-bond acceptors (Lipinski definition) is 6. The number of hydrazone groups is 1. The Balaban J connectivity index is 1.78. The summed E-state index contributed by atoms with van der Waals surface area (Å²) < 4.78 is 64.0. The molecule has 0 aromatic heterocycles. The normalized spacial score (nSPS) is 11.5. The molecule has 0 bridgehead atoms. The number of alkyl halides is 3. The summed E-state index contributed by atoms with van der Waals surface area (Å²) in [4.78, 5) is 10.2. The molecule has 12 heteroatoms. The first-order chi connectivity index (χ1) is 16.1. The van der Waals surface area contributed by atoms with Crippen LogP contribution < -0.4 is 14.9 Å². The van der Waals surface area contributed by atoms with Gasteiger partial charge in [0, 0.05) is 11.6 Å². The van der Waals surface area contributed by atoms with E-state index in [-0.39, 0.29) is 12.3 Å². The van der Waals surface area contributed by atoms with Crippen LogP contribution in [0.5, 0.6) is 11.5 Å². The topological polar surface area (TPSA) is 86.0 Å². The monoisotopic (exact) mass is 589 g/mol. The SMILES string of the molecule is COc1cc(/C=N\Nc2ccc(C(F)(F)F)cc2[N+](=O)[O-])cc(I)c1OCc1ccccc1F. The molecule has 178 valence electrons. The third-order valence-corrected chi connectivity index (χ3v) is 5.30. The Kier molecular flexibility index (Phi) is 7.91. The largest absolute Gasteiger partial charge is 0.493 e. The fourth-order valence-electron chi connectivity index (χ4n) is 2.85. The summed E-state index contributed by atoms with van der Waals surface area (Å²) in [5, 5.41) is 15.1. The molecule has 0 aliphatic heterocycles. The number of nitro groups is 1. The van der Waals surface area contributed by atoms with Crippen molar-refractivity contribution in [3.63, 3.8) is 0 Å². The van der Waals surface area contributed by atoms with E-state index in [0.29, 0.717) is 32.3 Å². The van der Waals surface area contributed by atoms with Crippen LogP contribution in [0, 0.1) is 19.5 Å². The number of hydrogen-bond donors (Lipinski definition) is 1. The van der Waals surface area contributed by atoms with Gasteiger partial charge in [-0.3, -0.25) is 15.5 Å². The molecule has 0 radical (unpaired) electrons. The predicted molar refractivity (Wildman–Crippen MR) is 126 cm³/mol. The molecule has 3 rings (SSSR count). The Morgan fingerprint density at radius 2 is 1.91 bits per heavy atom. The van der Waals surface area contributed by atoms with Gasteiger partial charge in [0.25, 0.3) is 5.69 Å². The molecule has 7 nitrogen and oxygen atoms in total. The molecule has 0 amide bonds. The van der Waals surface area contributed by atoms with Gasteiger partial charge in [0.1, 0.15) is 18.1 Å². The third kappa shape index (κ3) is 6.12. The van der Waals surface area contributed by atoms with Gasteiger partial charge in [0.15, 0.2) is 11.5 Å². The Labute approximate surface area is 204 Å². The first-order valence-electron chi connectivity index (χ1n) is 9.48. The van der Waals surface area contributed by atoms with E-state index in [2.05, 4.69) is 10.5 Å². The molecular formula is C22H16F4IN3O4. The smallest absolute Gasteiger partial charge is 0.416 e. The second kappa shape index (κ2) is 10.7. The van der Waals surface area contributed by atoms with E-state index in [4.69, 9.17) is 9.47 Å². The Morgan fingerprint density at radius 1 is 1.18 bits per heavy atom. The van der Waals surface area contributed by atoms with E-state index in [9.17, 15) is 27.7 Å². The van der Waals surface area contributed by atoms with Crippen molar-refractivity contribution >= 4 is 40.2 Å². The average Bonchev–Trinajstić information content (AvgIpc) is 2.78. The second-order valence-electron chi connectivity index (χ2n) is 6.77. The van der Waals surface area contributed by atoms with E-state index >= 15 is 0 Å². The summed E-state index contributed by atoms with van der Waals surface area (Å²) in [6.07, 6.45) is -3.40. The first kappa shape index (κ1) is 25.2. The third-order valence-electron chi connectivity index (χ3n) is 4.50. The number of nitrogens with one attached hydrogen (secondary N) is 1. The Bertz CT molecular complexity index is 1240. The number of benzene rings is 3. The summed E-state index contributed by atoms with van der Waals surface area (Å²) in [6, 6.07) is 11.5. The molecule has 3 aromatic rings. The van der Waals surface area contributed by atoms with Crippen LogP contribution in [0.15, 0.2) is 59.7 Å². The van der Waals surface area contributed by atoms with Crippen molar-refractivity contribution in [1.29, 1.82) is 0 Å². The quantitative estimate of drug-likeness (QED) is 0.108. The molecule has 0 aliphatic carbocycles. The number of ether oxygens (including phenoxy) is 2. The van der Waals surface area contributed by atoms with Crippen LogP contribution in [0.1, 0.15) is 16.7 Å². The van der Waals surface area contributed by atoms with Crippen LogP contribution in [-0.4, -0.2) is 18.2 Å². The van der Waals surface area contributed by atoms with Crippen LogP contribution in [0.2, 0.25) is 0 Å². The van der Waals surface area contributed by atoms with Crippen LogP contribution in [0.4, 0.5) is 28.9 Å². The summed E-state index contributed by atoms with van der Waals surface area (Å²) >= 11 is 2.00. The van der Waals surface area contributed by atoms with Crippen molar-refractivity contribution < 1.29 is 32.0 Å². The zero-order valence-electron chi connectivity index (χ0n) is 17.4. The summed E-state index contributed by atoms with van der Waals surface area (Å²) in [5.41, 5.74) is 1.16. The lowest BCUT2D eigenvalue weighted by Crippen LogP contribution is -2.06. The van der Waals surface area contributed by atoms with Crippen molar-refractivity contribution in [3.05, 3.63) is 90.8 Å². The van der Waals surface area contributed by atoms with E-state index < -0.39 is 28.2 Å². The van der Waals surface area contributed by atoms with Crippen LogP contribution in [-0.2, 0) is 12.8 Å². The molecular weight excluding hydrogens is 573 g/mol. The first-order valence-corrected chi connectivity index (χ1v) is 10.6. The van der Waals surface area contributed by atoms with Gasteiger partial charge in [0.2, 0.25) is 0 Å². The number of nitro benzene ring substituents is 1. The number of anilines is 1. The van der Waals surface area contributed by atoms with Crippen molar-refractivity contribution in [2.75, 3.05) is 12.5 Å². The predicted octanol–water partition coefficient (Wildman–Crippen LogP) is 6.39. The highest BCUT2D eigenvalue weighted by Crippen LogP contribution is 2.36. The lowest BCUT2D eigenvalue weighted by molar-refractivity contribution is -0.384. The number of rotatable bonds is 8. The van der Waals surface area contributed by atoms with Gasteiger partial charge in [-0.2, -0.15) is 18.3 Å². The maximum Gasteiger partial charge on any atom is 0.416 e. The fourth-order valence-corrected chi connectivity index (χ4v) is 3.63. The van der Waals surface area contributed by atoms with Gasteiger partial charge in [-0.25, -0.2) is 4.39 Å². The minimum absolute atomic E-state index is 0.0222. The number of nitrogens with zero attached hydrogens (tertiary/aromatic N) is 2. The van der Waals surface area contributed by atoms with Gasteiger partial charge in [-0.05, 0) is 58.5 Å². The van der Waals surface area contributed by atoms with Crippen molar-refractivity contribution in [2.24, 2.45) is 5.10 Å². The van der Waals surface area contributed by atoms with Gasteiger partial charge in [-0.15, -0.1) is 0 Å². The highest BCUT2D eigenvalue weighted by atomic mass is 127. The van der Waals surface area contributed by atoms with Crippen molar-refractivity contribution in [1.82, 2.24) is 0 Å². The molecule has 0 saturated carbocycles. The molecule has 34 heavy (non-hydrogen) atoms. The van der Waals surface area contributed by atoms with Crippen LogP contribution >= 0.6 is 22.6 Å². The van der Waals surface area contributed by atoms with Crippen molar-refractivity contribution in [2.45, 2.75) is 12.8 Å². The molecule has 0 fully saturated rings. The van der Waals surface area contributed by atoms with Crippen LogP contribution in [0.25, 0.3) is 0 Å². The fraction of sp³-hybridized carbons (Fsp3) is 0.136. The van der Waals surface area contributed by atoms with Crippen molar-refractivity contribution in [3.8, 4) is 11.5 Å². The molecule has 0 heterocycles. The van der Waals surface area contributed by atoms with E-state index in [1.165, 1.54) is 19.4 Å². The van der Waals surface area contributed by atoms with Crippen LogP contribution in [0.3, 0.4) is 0 Å². The van der Waals surface area contributed by atoms with Gasteiger partial charge >= 0.3 is 6.18 Å². The lowest BCUT2D eigenvalue weighted by atomic mass is 10.1. The van der Waals surface area contributed by atoms with E-state index in [1.54, 1.807) is 30.3 Å². The molecule has 0 atom stereocenters. The minimum Gasteiger partial charge on any atom is -0.493 e. The maximum atomic E-state index is 13.8. The standard InChI is InChI=1S/C22H16F4IN3O4/c1-33-20-9-13(8-17(27)21(20)34-12-14-4-2-3-5-16(14)23)11-28-29-18-7-6-15(22(24,25)26)10-19(18)30(31)32/h2-11,29H,12H2,1H3/b28-11-. The Morgan fingerprint density at radius 3 is 2.56 bits per heavy atom. The maximum absolute atomic E-state index is 13.8. The molecule has 0 aliphatic rings. The molecule has 0 saturated heterocycles. The Hall–Kier alpha value is -3.42. The zero-order valence-corrected chi connectivity index (χ0v) is 19.6. The molecule has 0 spiro atoms. The van der Waals surface area contributed by atoms with Gasteiger partial charge < -0.3 is 9.47 Å². The molecule has 0 unspecified atom stereocenters. The lowest BCUT2D eigenvalue weighted by Gasteiger charge is -2.14. The van der Waals surface area contributed by atoms with Gasteiger partial charge in [-0.1, -0.05) is 18.2 Å². The van der Waals surface area contributed by atoms with Gasteiger partial charge in [0.05, 0.1) is 27.4 Å². The second-order valence-corrected chi connectivity index (χ2v) is 7.93. The highest BCUT2D eigenvalue weighted by Gasteiger charge is 2.33. The summed E-state index contributed by atoms with van der Waals surface area (Å²) in [6.45, 7) is -0.0222. The zero-order chi connectivity index (χ0) is 24.9. The summed E-state index contributed by atoms with van der Waals surface area (Å²) in [7, 11) is 1.42. The number of methoxy groups -OCH3 is 1. The minimum atomic E-state index is -4.71. The van der Waals surface area contributed by atoms with E-state index in [0.717, 1.165) is 12.1 Å². The van der Waals surface area contributed by atoms with E-state index in [1.807, 2.05) is 22.6 Å².